The number of carbonyl (C=O) groups excluding carboxylic acids is 2. The van der Waals surface area contributed by atoms with Gasteiger partial charge in [-0.15, -0.1) is 28.2 Å². The Hall–Kier alpha value is -2.42. The molecule has 2 aliphatic rings. The molecule has 14 heteroatoms. The maximum Gasteiger partial charge on any atom is 0.352 e. The van der Waals surface area contributed by atoms with E-state index in [0.29, 0.717) is 21.4 Å². The Morgan fingerprint density at radius 1 is 1.45 bits per heavy atom. The summed E-state index contributed by atoms with van der Waals surface area (Å²) < 4.78 is 1.49. The van der Waals surface area contributed by atoms with Crippen LogP contribution in [0.25, 0.3) is 0 Å². The highest BCUT2D eigenvalue weighted by Gasteiger charge is 2.55. The number of carbonyl (C=O) groups is 3. The molecular formula is C17H19N7O4S3. The third-order valence-corrected chi connectivity index (χ3v) is 8.46. The zero-order valence-electron chi connectivity index (χ0n) is 16.5. The van der Waals surface area contributed by atoms with E-state index in [0.717, 1.165) is 0 Å². The number of β-lactam (4-membered cyclic amide) rings is 1. The van der Waals surface area contributed by atoms with Crippen LogP contribution in [0.1, 0.15) is 17.8 Å². The summed E-state index contributed by atoms with van der Waals surface area (Å²) in [5.74, 6) is -1.79. The van der Waals surface area contributed by atoms with Gasteiger partial charge in [-0.05, 0) is 34.4 Å². The topological polar surface area (TPSA) is 156 Å². The Bertz CT molecular complexity index is 1050. The first-order valence-electron chi connectivity index (χ1n) is 9.19. The molecule has 0 aromatic carbocycles. The third kappa shape index (κ3) is 3.95. The first-order valence-corrected chi connectivity index (χ1v) is 12.0. The van der Waals surface area contributed by atoms with E-state index in [1.165, 1.54) is 44.4 Å². The molecule has 2 aromatic heterocycles. The number of rotatable bonds is 7. The summed E-state index contributed by atoms with van der Waals surface area (Å²) in [4.78, 5) is 39.3. The molecule has 4 heterocycles. The van der Waals surface area contributed by atoms with E-state index in [2.05, 4.69) is 20.8 Å². The Labute approximate surface area is 189 Å². The molecule has 0 spiro atoms. The van der Waals surface area contributed by atoms with E-state index in [1.807, 2.05) is 12.3 Å². The summed E-state index contributed by atoms with van der Waals surface area (Å²) in [6.07, 6.45) is 0. The standard InChI is InChI=1S/C17H19N7O4S3/c1-7-8(6-30-17-20-21-22-23(17)2)12(16(27)28)24-14(26)11(15(24)31-7)19-13(25)10(18)9-4-3-5-29-9/h3-5,7,10-11,15H,6,18H2,1-2H3,(H,19,25)(H,27,28)/t7-,10?,11?,15+/m1/s1. The lowest BCUT2D eigenvalue weighted by Crippen LogP contribution is -2.71. The summed E-state index contributed by atoms with van der Waals surface area (Å²) in [7, 11) is 1.69. The third-order valence-electron chi connectivity index (χ3n) is 4.99. The van der Waals surface area contributed by atoms with Crippen LogP contribution in [0.15, 0.2) is 33.9 Å². The number of aryl methyl sites for hydroxylation is 1. The van der Waals surface area contributed by atoms with Gasteiger partial charge in [-0.2, -0.15) is 0 Å². The molecule has 2 aliphatic heterocycles. The highest BCUT2D eigenvalue weighted by Crippen LogP contribution is 2.45. The number of nitrogens with two attached hydrogens (primary N) is 1. The van der Waals surface area contributed by atoms with E-state index in [9.17, 15) is 19.5 Å². The number of aliphatic carboxylic acids is 1. The van der Waals surface area contributed by atoms with Gasteiger partial charge >= 0.3 is 5.97 Å². The van der Waals surface area contributed by atoms with E-state index in [1.54, 1.807) is 19.2 Å². The summed E-state index contributed by atoms with van der Waals surface area (Å²) >= 11 is 4.08. The molecule has 4 rings (SSSR count). The highest BCUT2D eigenvalue weighted by atomic mass is 32.2. The SMILES string of the molecule is C[C@H]1S[C@H]2C(NC(=O)C(N)c3cccs3)C(=O)N2C(C(=O)O)=C1CSc1nnnn1C. The van der Waals surface area contributed by atoms with Crippen molar-refractivity contribution in [2.45, 2.75) is 34.8 Å². The molecule has 11 nitrogen and oxygen atoms in total. The number of tetrazole rings is 1. The van der Waals surface area contributed by atoms with E-state index in [-0.39, 0.29) is 10.9 Å². The molecule has 0 radical (unpaired) electrons. The average molecular weight is 482 g/mol. The lowest BCUT2D eigenvalue weighted by atomic mass is 10.0. The number of thioether (sulfide) groups is 2. The van der Waals surface area contributed by atoms with Crippen LogP contribution in [0.3, 0.4) is 0 Å². The molecule has 2 unspecified atom stereocenters. The van der Waals surface area contributed by atoms with Crippen LogP contribution in [0.5, 0.6) is 0 Å². The number of fused-ring (bicyclic) bond motifs is 1. The smallest absolute Gasteiger partial charge is 0.352 e. The van der Waals surface area contributed by atoms with Crippen molar-refractivity contribution in [3.8, 4) is 0 Å². The van der Waals surface area contributed by atoms with Crippen LogP contribution in [0.2, 0.25) is 0 Å². The summed E-state index contributed by atoms with van der Waals surface area (Å²) in [6, 6.07) is 1.85. The van der Waals surface area contributed by atoms with Crippen LogP contribution in [0, 0.1) is 0 Å². The van der Waals surface area contributed by atoms with Crippen LogP contribution in [-0.2, 0) is 21.4 Å². The molecule has 1 fully saturated rings. The molecule has 4 atom stereocenters. The number of nitrogens with zero attached hydrogens (tertiary/aromatic N) is 5. The molecule has 0 saturated carbocycles. The lowest BCUT2D eigenvalue weighted by Gasteiger charge is -2.51. The maximum absolute atomic E-state index is 12.8. The Morgan fingerprint density at radius 2 is 2.23 bits per heavy atom. The Kier molecular flexibility index (Phi) is 6.05. The normalized spacial score (nSPS) is 23.9. The molecule has 4 N–H and O–H groups in total. The molecule has 31 heavy (non-hydrogen) atoms. The van der Waals surface area contributed by atoms with Crippen LogP contribution >= 0.6 is 34.9 Å². The quantitative estimate of drug-likeness (QED) is 0.368. The molecular weight excluding hydrogens is 462 g/mol. The van der Waals surface area contributed by atoms with Crippen molar-refractivity contribution < 1.29 is 19.5 Å². The molecule has 1 saturated heterocycles. The Morgan fingerprint density at radius 3 is 2.84 bits per heavy atom. The summed E-state index contributed by atoms with van der Waals surface area (Å²) in [5.41, 5.74) is 6.55. The number of hydrogen-bond donors (Lipinski definition) is 3. The largest absolute Gasteiger partial charge is 0.477 e. The number of hydrogen-bond acceptors (Lipinski definition) is 10. The second-order valence-corrected chi connectivity index (χ2v) is 10.3. The number of aromatic nitrogens is 4. The first-order chi connectivity index (χ1) is 14.8. The zero-order valence-corrected chi connectivity index (χ0v) is 18.9. The predicted molar refractivity (Wildman–Crippen MR) is 115 cm³/mol. The molecule has 0 aliphatic carbocycles. The fourth-order valence-corrected chi connectivity index (χ4v) is 6.63. The number of thiophene rings is 1. The van der Waals surface area contributed by atoms with Gasteiger partial charge in [-0.1, -0.05) is 17.8 Å². The monoisotopic (exact) mass is 481 g/mol. The van der Waals surface area contributed by atoms with Crippen molar-refractivity contribution in [1.82, 2.24) is 30.4 Å². The van der Waals surface area contributed by atoms with Crippen molar-refractivity contribution >= 4 is 52.6 Å². The second kappa shape index (κ2) is 8.61. The van der Waals surface area contributed by atoms with Crippen molar-refractivity contribution in [2.75, 3.05) is 5.75 Å². The minimum atomic E-state index is -1.18. The zero-order chi connectivity index (χ0) is 22.3. The average Bonchev–Trinajstić information content (AvgIpc) is 3.41. The maximum atomic E-state index is 12.8. The van der Waals surface area contributed by atoms with E-state index >= 15 is 0 Å². The molecule has 164 valence electrons. The van der Waals surface area contributed by atoms with Gasteiger partial charge in [0.25, 0.3) is 5.91 Å². The first kappa shape index (κ1) is 21.8. The number of carboxylic acids is 1. The van der Waals surface area contributed by atoms with Gasteiger partial charge in [0.15, 0.2) is 0 Å². The minimum absolute atomic E-state index is 0.0445. The van der Waals surface area contributed by atoms with Gasteiger partial charge in [0.2, 0.25) is 11.1 Å². The molecule has 2 aromatic rings. The van der Waals surface area contributed by atoms with Crippen molar-refractivity contribution in [1.29, 1.82) is 0 Å². The van der Waals surface area contributed by atoms with Crippen molar-refractivity contribution in [3.63, 3.8) is 0 Å². The van der Waals surface area contributed by atoms with Gasteiger partial charge in [-0.3, -0.25) is 14.5 Å². The van der Waals surface area contributed by atoms with Gasteiger partial charge in [0, 0.05) is 22.9 Å². The van der Waals surface area contributed by atoms with E-state index < -0.39 is 35.2 Å². The summed E-state index contributed by atoms with van der Waals surface area (Å²) in [5, 5.41) is 25.4. The number of nitrogens with one attached hydrogen (secondary N) is 1. The number of carboxylic acid groups (broad SMARTS) is 1. The van der Waals surface area contributed by atoms with Crippen LogP contribution in [-0.4, -0.2) is 70.4 Å². The Balaban J connectivity index is 1.51. The molecule has 2 amide bonds. The van der Waals surface area contributed by atoms with Gasteiger partial charge in [-0.25, -0.2) is 9.48 Å². The van der Waals surface area contributed by atoms with Crippen molar-refractivity contribution in [2.24, 2.45) is 12.8 Å². The lowest BCUT2D eigenvalue weighted by molar-refractivity contribution is -0.151. The summed E-state index contributed by atoms with van der Waals surface area (Å²) in [6.45, 7) is 1.88. The van der Waals surface area contributed by atoms with Gasteiger partial charge in [0.05, 0.1) is 0 Å². The highest BCUT2D eigenvalue weighted by molar-refractivity contribution is 8.01. The van der Waals surface area contributed by atoms with Gasteiger partial charge < -0.3 is 16.2 Å². The minimum Gasteiger partial charge on any atom is -0.477 e. The van der Waals surface area contributed by atoms with Crippen LogP contribution in [0.4, 0.5) is 0 Å². The predicted octanol–water partition coefficient (Wildman–Crippen LogP) is 0.191. The fourth-order valence-electron chi connectivity index (χ4n) is 3.36. The number of amides is 2. The molecule has 0 bridgehead atoms. The van der Waals surface area contributed by atoms with Crippen molar-refractivity contribution in [3.05, 3.63) is 33.7 Å². The van der Waals surface area contributed by atoms with Gasteiger partial charge in [0.1, 0.15) is 23.2 Å². The second-order valence-electron chi connectivity index (χ2n) is 6.91. The van der Waals surface area contributed by atoms with Crippen LogP contribution < -0.4 is 11.1 Å². The van der Waals surface area contributed by atoms with E-state index in [4.69, 9.17) is 5.73 Å². The fraction of sp³-hybridized carbons (Fsp3) is 0.412.